The Hall–Kier alpha value is -2.57. The third-order valence-corrected chi connectivity index (χ3v) is 1.97. The first-order chi connectivity index (χ1) is 8.75. The Bertz CT molecular complexity index is 528. The van der Waals surface area contributed by atoms with Crippen LogP contribution in [0.3, 0.4) is 0 Å². The van der Waals surface area contributed by atoms with Crippen LogP contribution in [0, 0.1) is 0 Å². The number of hydrogen-bond donors (Lipinski definition) is 0. The largest absolute Gasteiger partial charge is 0.369 e. The molecule has 0 aliphatic rings. The second kappa shape index (κ2) is 5.67. The Morgan fingerprint density at radius 3 is 2.50 bits per heavy atom. The minimum atomic E-state index is 0.561. The highest BCUT2D eigenvalue weighted by Gasteiger charge is 2.01. The monoisotopic (exact) mass is 243 g/mol. The molecule has 0 spiro atoms. The van der Waals surface area contributed by atoms with E-state index in [2.05, 4.69) is 25.3 Å². The molecule has 2 aromatic rings. The third kappa shape index (κ3) is 3.21. The van der Waals surface area contributed by atoms with E-state index in [9.17, 15) is 0 Å². The number of aliphatic imine (C=N–C) groups is 1. The summed E-state index contributed by atoms with van der Waals surface area (Å²) < 4.78 is 1.50. The maximum Gasteiger partial charge on any atom is 0.181 e. The molecule has 0 saturated carbocycles. The van der Waals surface area contributed by atoms with Crippen LogP contribution < -0.4 is 0 Å². The molecule has 0 aromatic carbocycles. The van der Waals surface area contributed by atoms with Crippen LogP contribution >= 0.6 is 0 Å². The van der Waals surface area contributed by atoms with E-state index < -0.39 is 0 Å². The predicted molar refractivity (Wildman–Crippen MR) is 68.4 cm³/mol. The van der Waals surface area contributed by atoms with Crippen molar-refractivity contribution in [1.29, 1.82) is 0 Å². The number of hydrogen-bond acceptors (Lipinski definition) is 4. The fourth-order valence-electron chi connectivity index (χ4n) is 1.19. The number of amidine groups is 1. The summed E-state index contributed by atoms with van der Waals surface area (Å²) >= 11 is 0. The molecule has 0 radical (unpaired) electrons. The van der Waals surface area contributed by atoms with Gasteiger partial charge in [-0.15, -0.1) is 15.3 Å². The lowest BCUT2D eigenvalue weighted by Gasteiger charge is -2.04. The molecule has 0 saturated heterocycles. The van der Waals surface area contributed by atoms with Crippen LogP contribution in [0.25, 0.3) is 0 Å². The van der Waals surface area contributed by atoms with E-state index in [0.29, 0.717) is 5.84 Å². The van der Waals surface area contributed by atoms with E-state index in [1.165, 1.54) is 17.3 Å². The van der Waals surface area contributed by atoms with Gasteiger partial charge in [-0.05, 0) is 12.1 Å². The minimum Gasteiger partial charge on any atom is -0.369 e. The number of aromatic nitrogens is 4. The summed E-state index contributed by atoms with van der Waals surface area (Å²) in [5, 5.41) is 11.7. The van der Waals surface area contributed by atoms with Crippen LogP contribution in [-0.4, -0.2) is 51.0 Å². The molecule has 0 aliphatic heterocycles. The molecule has 0 N–H and O–H groups in total. The van der Waals surface area contributed by atoms with Crippen LogP contribution in [0.2, 0.25) is 0 Å². The van der Waals surface area contributed by atoms with E-state index in [0.717, 1.165) is 5.56 Å². The van der Waals surface area contributed by atoms with Gasteiger partial charge >= 0.3 is 0 Å². The third-order valence-electron chi connectivity index (χ3n) is 1.97. The molecule has 0 amide bonds. The normalized spacial score (nSPS) is 12.0. The average molecular weight is 243 g/mol. The maximum atomic E-state index is 4.32. The fourth-order valence-corrected chi connectivity index (χ4v) is 1.19. The van der Waals surface area contributed by atoms with E-state index >= 15 is 0 Å². The van der Waals surface area contributed by atoms with Gasteiger partial charge in [0.15, 0.2) is 5.84 Å². The van der Waals surface area contributed by atoms with Gasteiger partial charge in [0.25, 0.3) is 0 Å². The van der Waals surface area contributed by atoms with Gasteiger partial charge in [0, 0.05) is 32.1 Å². The SMILES string of the molecule is CN(C)/C=N/C(=N\n1cnnc1)c1ccncc1. The van der Waals surface area contributed by atoms with Crippen molar-refractivity contribution in [2.45, 2.75) is 0 Å². The molecule has 7 heteroatoms. The lowest BCUT2D eigenvalue weighted by atomic mass is 10.2. The number of pyridine rings is 1. The zero-order valence-corrected chi connectivity index (χ0v) is 10.2. The molecule has 0 atom stereocenters. The number of nitrogens with zero attached hydrogens (tertiary/aromatic N) is 7. The lowest BCUT2D eigenvalue weighted by molar-refractivity contribution is 0.643. The quantitative estimate of drug-likeness (QED) is 0.580. The molecular formula is C11H13N7. The standard InChI is InChI=1S/C11H13N7/c1-17(2)7-13-11(10-3-5-12-6-4-10)16-18-8-14-15-9-18/h3-9H,1-2H3/b13-7+,16-11-. The molecule has 0 bridgehead atoms. The summed E-state index contributed by atoms with van der Waals surface area (Å²) in [6, 6.07) is 3.69. The van der Waals surface area contributed by atoms with E-state index in [1.54, 1.807) is 18.7 Å². The van der Waals surface area contributed by atoms with Crippen molar-refractivity contribution in [3.8, 4) is 0 Å². The first kappa shape index (κ1) is 11.9. The van der Waals surface area contributed by atoms with Gasteiger partial charge in [0.2, 0.25) is 0 Å². The summed E-state index contributed by atoms with van der Waals surface area (Å²) in [5.41, 5.74) is 0.872. The van der Waals surface area contributed by atoms with Crippen LogP contribution in [0.4, 0.5) is 0 Å². The Labute approximate surface area is 105 Å². The Balaban J connectivity index is 2.35. The highest BCUT2D eigenvalue weighted by atomic mass is 15.4. The predicted octanol–water partition coefficient (Wildman–Crippen LogP) is 0.473. The van der Waals surface area contributed by atoms with Crippen molar-refractivity contribution in [3.63, 3.8) is 0 Å². The first-order valence-corrected chi connectivity index (χ1v) is 5.30. The van der Waals surface area contributed by atoms with Gasteiger partial charge in [0.1, 0.15) is 12.7 Å². The highest BCUT2D eigenvalue weighted by Crippen LogP contribution is 2.01. The Morgan fingerprint density at radius 1 is 1.22 bits per heavy atom. The van der Waals surface area contributed by atoms with Gasteiger partial charge in [-0.2, -0.15) is 0 Å². The van der Waals surface area contributed by atoms with Crippen molar-refractivity contribution in [3.05, 3.63) is 42.7 Å². The van der Waals surface area contributed by atoms with Crippen LogP contribution in [-0.2, 0) is 0 Å². The van der Waals surface area contributed by atoms with Gasteiger partial charge in [-0.25, -0.2) is 9.67 Å². The lowest BCUT2D eigenvalue weighted by Crippen LogP contribution is -2.11. The van der Waals surface area contributed by atoms with Crippen molar-refractivity contribution in [2.75, 3.05) is 14.1 Å². The van der Waals surface area contributed by atoms with E-state index in [-0.39, 0.29) is 0 Å². The van der Waals surface area contributed by atoms with E-state index in [4.69, 9.17) is 0 Å². The molecule has 92 valence electrons. The molecule has 2 aromatic heterocycles. The van der Waals surface area contributed by atoms with Gasteiger partial charge in [-0.1, -0.05) is 0 Å². The van der Waals surface area contributed by atoms with Crippen LogP contribution in [0.5, 0.6) is 0 Å². The summed E-state index contributed by atoms with van der Waals surface area (Å²) in [4.78, 5) is 10.1. The van der Waals surface area contributed by atoms with Crippen molar-refractivity contribution >= 4 is 12.2 Å². The molecular weight excluding hydrogens is 230 g/mol. The number of rotatable bonds is 3. The Morgan fingerprint density at radius 2 is 1.89 bits per heavy atom. The zero-order chi connectivity index (χ0) is 12.8. The smallest absolute Gasteiger partial charge is 0.181 e. The van der Waals surface area contributed by atoms with Crippen molar-refractivity contribution < 1.29 is 0 Å². The highest BCUT2D eigenvalue weighted by molar-refractivity contribution is 6.02. The molecule has 18 heavy (non-hydrogen) atoms. The average Bonchev–Trinajstić information content (AvgIpc) is 2.88. The van der Waals surface area contributed by atoms with E-state index in [1.807, 2.05) is 31.1 Å². The molecule has 2 rings (SSSR count). The summed E-state index contributed by atoms with van der Waals surface area (Å²) in [7, 11) is 3.79. The second-order valence-corrected chi connectivity index (χ2v) is 3.71. The van der Waals surface area contributed by atoms with Crippen LogP contribution in [0.1, 0.15) is 5.56 Å². The van der Waals surface area contributed by atoms with Crippen LogP contribution in [0.15, 0.2) is 47.3 Å². The van der Waals surface area contributed by atoms with Crippen molar-refractivity contribution in [1.82, 2.24) is 24.8 Å². The second-order valence-electron chi connectivity index (χ2n) is 3.71. The van der Waals surface area contributed by atoms with Gasteiger partial charge in [-0.3, -0.25) is 4.98 Å². The molecule has 7 nitrogen and oxygen atoms in total. The zero-order valence-electron chi connectivity index (χ0n) is 10.2. The molecule has 0 unspecified atom stereocenters. The summed E-state index contributed by atoms with van der Waals surface area (Å²) in [6.07, 6.45) is 8.09. The summed E-state index contributed by atoms with van der Waals surface area (Å²) in [6.45, 7) is 0. The maximum absolute atomic E-state index is 4.32. The minimum absolute atomic E-state index is 0.561. The topological polar surface area (TPSA) is 71.6 Å². The summed E-state index contributed by atoms with van der Waals surface area (Å²) in [5.74, 6) is 0.561. The van der Waals surface area contributed by atoms with Crippen molar-refractivity contribution in [2.24, 2.45) is 10.1 Å². The first-order valence-electron chi connectivity index (χ1n) is 5.30. The Kier molecular flexibility index (Phi) is 3.75. The molecule has 0 fully saturated rings. The molecule has 2 heterocycles. The fraction of sp³-hybridized carbons (Fsp3) is 0.182. The molecule has 0 aliphatic carbocycles. The van der Waals surface area contributed by atoms with Gasteiger partial charge < -0.3 is 4.90 Å². The van der Waals surface area contributed by atoms with Gasteiger partial charge in [0.05, 0.1) is 6.34 Å².